The van der Waals surface area contributed by atoms with Gasteiger partial charge in [0.15, 0.2) is 0 Å². The normalized spacial score (nSPS) is 31.9. The van der Waals surface area contributed by atoms with E-state index >= 15 is 0 Å². The first kappa shape index (κ1) is 15.5. The number of H-pyrrole nitrogens is 1. The molecule has 120 valence electrons. The first-order valence-electron chi connectivity index (χ1n) is 8.02. The van der Waals surface area contributed by atoms with Gasteiger partial charge in [0.1, 0.15) is 6.07 Å². The fourth-order valence-corrected chi connectivity index (χ4v) is 4.21. The fourth-order valence-electron chi connectivity index (χ4n) is 4.21. The van der Waals surface area contributed by atoms with Crippen LogP contribution in [0.15, 0.2) is 6.07 Å². The Morgan fingerprint density at radius 3 is 2.91 bits per heavy atom. The number of aryl methyl sites for hydroxylation is 1. The van der Waals surface area contributed by atoms with Gasteiger partial charge in [-0.15, -0.1) is 0 Å². The minimum atomic E-state index is -0.0191. The Balaban J connectivity index is 1.77. The first-order chi connectivity index (χ1) is 10.6. The molecule has 3 atom stereocenters. The highest BCUT2D eigenvalue weighted by molar-refractivity contribution is 5.36. The average molecular weight is 303 g/mol. The minimum absolute atomic E-state index is 0.0191. The van der Waals surface area contributed by atoms with Gasteiger partial charge in [0.25, 0.3) is 0 Å². The van der Waals surface area contributed by atoms with Crippen molar-refractivity contribution in [2.75, 3.05) is 20.8 Å². The lowest BCUT2D eigenvalue weighted by atomic mass is 9.79. The first-order valence-corrected chi connectivity index (χ1v) is 8.02. The number of nitriles is 1. The SMILES string of the molecule is CO[C@H]1CC[C@@]2(OC)CCN(Cc3cc(C#N)c(C)[nH]3)[C@H]2C1. The Morgan fingerprint density at radius 2 is 2.27 bits per heavy atom. The second-order valence-corrected chi connectivity index (χ2v) is 6.58. The Labute approximate surface area is 132 Å². The topological polar surface area (TPSA) is 61.3 Å². The number of hydrogen-bond donors (Lipinski definition) is 1. The van der Waals surface area contributed by atoms with Gasteiger partial charge in [-0.25, -0.2) is 0 Å². The fraction of sp³-hybridized carbons (Fsp3) is 0.706. The highest BCUT2D eigenvalue weighted by Gasteiger charge is 2.51. The summed E-state index contributed by atoms with van der Waals surface area (Å²) in [5.41, 5.74) is 2.79. The zero-order chi connectivity index (χ0) is 15.7. The summed E-state index contributed by atoms with van der Waals surface area (Å²) < 4.78 is 11.5. The summed E-state index contributed by atoms with van der Waals surface area (Å²) in [4.78, 5) is 5.82. The van der Waals surface area contributed by atoms with E-state index in [1.54, 1.807) is 7.11 Å². The third kappa shape index (κ3) is 2.56. The standard InChI is InChI=1S/C17H25N3O2/c1-12-13(10-18)8-14(19-12)11-20-7-6-17(22-3)5-4-15(21-2)9-16(17)20/h8,15-16,19H,4-7,9,11H2,1-3H3/t15-,16-,17+/m0/s1. The molecule has 5 nitrogen and oxygen atoms in total. The molecule has 1 N–H and O–H groups in total. The molecule has 3 rings (SSSR count). The van der Waals surface area contributed by atoms with Crippen LogP contribution in [0.25, 0.3) is 0 Å². The molecular formula is C17H25N3O2. The maximum Gasteiger partial charge on any atom is 0.101 e. The summed E-state index contributed by atoms with van der Waals surface area (Å²) in [6.45, 7) is 3.83. The highest BCUT2D eigenvalue weighted by Crippen LogP contribution is 2.43. The zero-order valence-corrected chi connectivity index (χ0v) is 13.7. The molecule has 0 spiro atoms. The number of likely N-dealkylation sites (tertiary alicyclic amines) is 1. The van der Waals surface area contributed by atoms with Crippen molar-refractivity contribution in [3.05, 3.63) is 23.0 Å². The van der Waals surface area contributed by atoms with E-state index in [1.807, 2.05) is 20.1 Å². The number of rotatable bonds is 4. The second kappa shape index (κ2) is 6.04. The number of nitrogens with one attached hydrogen (secondary N) is 1. The minimum Gasteiger partial charge on any atom is -0.381 e. The molecule has 0 aromatic carbocycles. The van der Waals surface area contributed by atoms with Crippen LogP contribution in [-0.4, -0.2) is 48.4 Å². The van der Waals surface area contributed by atoms with E-state index < -0.39 is 0 Å². The van der Waals surface area contributed by atoms with Gasteiger partial charge in [-0.3, -0.25) is 4.90 Å². The summed E-state index contributed by atoms with van der Waals surface area (Å²) in [6.07, 6.45) is 4.57. The molecule has 1 aromatic rings. The van der Waals surface area contributed by atoms with Crippen molar-refractivity contribution in [3.63, 3.8) is 0 Å². The zero-order valence-electron chi connectivity index (χ0n) is 13.7. The van der Waals surface area contributed by atoms with Crippen molar-refractivity contribution in [2.24, 2.45) is 0 Å². The molecule has 0 amide bonds. The van der Waals surface area contributed by atoms with E-state index in [0.717, 1.165) is 55.7 Å². The molecule has 5 heteroatoms. The Morgan fingerprint density at radius 1 is 1.45 bits per heavy atom. The molecular weight excluding hydrogens is 278 g/mol. The number of hydrogen-bond acceptors (Lipinski definition) is 4. The van der Waals surface area contributed by atoms with E-state index in [-0.39, 0.29) is 5.60 Å². The van der Waals surface area contributed by atoms with Gasteiger partial charge >= 0.3 is 0 Å². The summed E-state index contributed by atoms with van der Waals surface area (Å²) in [6, 6.07) is 4.60. The molecule has 0 unspecified atom stereocenters. The van der Waals surface area contributed by atoms with Crippen molar-refractivity contribution < 1.29 is 9.47 Å². The third-order valence-electron chi connectivity index (χ3n) is 5.55. The van der Waals surface area contributed by atoms with Crippen molar-refractivity contribution in [2.45, 2.75) is 56.9 Å². The smallest absolute Gasteiger partial charge is 0.101 e. The molecule has 1 aliphatic carbocycles. The van der Waals surface area contributed by atoms with Gasteiger partial charge in [-0.05, 0) is 38.7 Å². The van der Waals surface area contributed by atoms with Crippen LogP contribution in [0.2, 0.25) is 0 Å². The van der Waals surface area contributed by atoms with Crippen LogP contribution in [0.5, 0.6) is 0 Å². The van der Waals surface area contributed by atoms with E-state index in [1.165, 1.54) is 0 Å². The molecule has 0 radical (unpaired) electrons. The van der Waals surface area contributed by atoms with E-state index in [4.69, 9.17) is 14.7 Å². The number of aromatic amines is 1. The molecule has 1 aliphatic heterocycles. The van der Waals surface area contributed by atoms with Crippen LogP contribution < -0.4 is 0 Å². The van der Waals surface area contributed by atoms with Crippen LogP contribution in [0, 0.1) is 18.3 Å². The lowest BCUT2D eigenvalue weighted by Crippen LogP contribution is -2.51. The van der Waals surface area contributed by atoms with Gasteiger partial charge in [0, 0.05) is 44.7 Å². The summed E-state index contributed by atoms with van der Waals surface area (Å²) in [5, 5.41) is 9.11. The third-order valence-corrected chi connectivity index (χ3v) is 5.55. The van der Waals surface area contributed by atoms with E-state index in [0.29, 0.717) is 12.1 Å². The van der Waals surface area contributed by atoms with Gasteiger partial charge < -0.3 is 14.5 Å². The molecule has 1 saturated carbocycles. The lowest BCUT2D eigenvalue weighted by Gasteiger charge is -2.43. The van der Waals surface area contributed by atoms with Crippen LogP contribution in [-0.2, 0) is 16.0 Å². The Bertz CT molecular complexity index is 577. The quantitative estimate of drug-likeness (QED) is 0.927. The summed E-state index contributed by atoms with van der Waals surface area (Å²) >= 11 is 0. The van der Waals surface area contributed by atoms with Crippen LogP contribution in [0.4, 0.5) is 0 Å². The van der Waals surface area contributed by atoms with Crippen LogP contribution >= 0.6 is 0 Å². The lowest BCUT2D eigenvalue weighted by molar-refractivity contribution is -0.0948. The van der Waals surface area contributed by atoms with Crippen molar-refractivity contribution in [1.29, 1.82) is 5.26 Å². The number of methoxy groups -OCH3 is 2. The predicted octanol–water partition coefficient (Wildman–Crippen LogP) is 2.35. The van der Waals surface area contributed by atoms with E-state index in [9.17, 15) is 0 Å². The maximum absolute atomic E-state index is 9.11. The highest BCUT2D eigenvalue weighted by atomic mass is 16.5. The average Bonchev–Trinajstić information content (AvgIpc) is 3.08. The Kier molecular flexibility index (Phi) is 4.26. The van der Waals surface area contributed by atoms with Crippen molar-refractivity contribution >= 4 is 0 Å². The molecule has 2 aliphatic rings. The van der Waals surface area contributed by atoms with Gasteiger partial charge in [-0.1, -0.05) is 0 Å². The van der Waals surface area contributed by atoms with Crippen molar-refractivity contribution in [1.82, 2.24) is 9.88 Å². The monoisotopic (exact) mass is 303 g/mol. The van der Waals surface area contributed by atoms with Gasteiger partial charge in [0.2, 0.25) is 0 Å². The molecule has 1 aromatic heterocycles. The molecule has 0 bridgehead atoms. The van der Waals surface area contributed by atoms with Crippen LogP contribution in [0.1, 0.15) is 42.6 Å². The number of fused-ring (bicyclic) bond motifs is 1. The van der Waals surface area contributed by atoms with E-state index in [2.05, 4.69) is 16.0 Å². The van der Waals surface area contributed by atoms with Crippen LogP contribution in [0.3, 0.4) is 0 Å². The molecule has 2 fully saturated rings. The predicted molar refractivity (Wildman–Crippen MR) is 83.4 cm³/mol. The summed E-state index contributed by atoms with van der Waals surface area (Å²) in [5.74, 6) is 0. The number of nitrogens with zero attached hydrogens (tertiary/aromatic N) is 2. The largest absolute Gasteiger partial charge is 0.381 e. The van der Waals surface area contributed by atoms with Crippen molar-refractivity contribution in [3.8, 4) is 6.07 Å². The van der Waals surface area contributed by atoms with Gasteiger partial charge in [-0.2, -0.15) is 5.26 Å². The molecule has 22 heavy (non-hydrogen) atoms. The molecule has 1 saturated heterocycles. The van der Waals surface area contributed by atoms with Gasteiger partial charge in [0.05, 0.1) is 17.3 Å². The maximum atomic E-state index is 9.11. The summed E-state index contributed by atoms with van der Waals surface area (Å²) in [7, 11) is 3.65. The number of aromatic nitrogens is 1. The number of ether oxygens (including phenoxy) is 2. The second-order valence-electron chi connectivity index (χ2n) is 6.58. The molecule has 2 heterocycles. The Hall–Kier alpha value is -1.35.